The van der Waals surface area contributed by atoms with E-state index in [-0.39, 0.29) is 11.5 Å². The predicted octanol–water partition coefficient (Wildman–Crippen LogP) is 2.96. The molecule has 0 unspecified atom stereocenters. The average Bonchev–Trinajstić information content (AvgIpc) is 2.43. The molecule has 1 amide bonds. The van der Waals surface area contributed by atoms with Crippen LogP contribution in [-0.2, 0) is 0 Å². The van der Waals surface area contributed by atoms with Crippen molar-refractivity contribution in [3.63, 3.8) is 0 Å². The Morgan fingerprint density at radius 1 is 1.14 bits per heavy atom. The van der Waals surface area contributed by atoms with Gasteiger partial charge in [-0.05, 0) is 56.2 Å². The van der Waals surface area contributed by atoms with Crippen LogP contribution in [-0.4, -0.2) is 22.0 Å². The Labute approximate surface area is 122 Å². The van der Waals surface area contributed by atoms with E-state index in [1.165, 1.54) is 12.3 Å². The molecule has 0 fully saturated rings. The highest BCUT2D eigenvalue weighted by Gasteiger charge is 2.13. The average molecular weight is 284 g/mol. The molecule has 2 rings (SSSR count). The molecular weight excluding hydrogens is 268 g/mol. The van der Waals surface area contributed by atoms with Crippen LogP contribution in [0.5, 0.6) is 0 Å². The highest BCUT2D eigenvalue weighted by Crippen LogP contribution is 2.20. The van der Waals surface area contributed by atoms with Crippen molar-refractivity contribution in [2.75, 3.05) is 5.32 Å². The molecule has 0 spiro atoms. The Hall–Kier alpha value is -2.69. The molecule has 108 valence electrons. The number of benzene rings is 1. The number of rotatable bonds is 3. The van der Waals surface area contributed by atoms with Crippen molar-refractivity contribution in [1.82, 2.24) is 4.98 Å². The minimum Gasteiger partial charge on any atom is -0.478 e. The van der Waals surface area contributed by atoms with Crippen molar-refractivity contribution < 1.29 is 14.7 Å². The number of carbonyl (C=O) groups excluding carboxylic acids is 1. The molecule has 2 N–H and O–H groups in total. The van der Waals surface area contributed by atoms with Gasteiger partial charge in [0.2, 0.25) is 0 Å². The Morgan fingerprint density at radius 3 is 2.43 bits per heavy atom. The summed E-state index contributed by atoms with van der Waals surface area (Å²) >= 11 is 0. The predicted molar refractivity (Wildman–Crippen MR) is 79.8 cm³/mol. The number of aromatic nitrogens is 1. The third-order valence-corrected chi connectivity index (χ3v) is 3.33. The summed E-state index contributed by atoms with van der Waals surface area (Å²) in [5.41, 5.74) is 3.40. The first-order chi connectivity index (χ1) is 9.88. The van der Waals surface area contributed by atoms with E-state index in [1.807, 2.05) is 13.8 Å². The maximum absolute atomic E-state index is 12.1. The SMILES string of the molecule is Cc1ccc(C(=O)Nc2cc(C)c(C)c(C(=O)O)c2)cn1. The van der Waals surface area contributed by atoms with Gasteiger partial charge in [0.25, 0.3) is 5.91 Å². The molecule has 1 heterocycles. The number of hydrogen-bond donors (Lipinski definition) is 2. The zero-order chi connectivity index (χ0) is 15.6. The second-order valence-corrected chi connectivity index (χ2v) is 4.91. The largest absolute Gasteiger partial charge is 0.478 e. The van der Waals surface area contributed by atoms with Gasteiger partial charge in [-0.25, -0.2) is 4.79 Å². The fourth-order valence-electron chi connectivity index (χ4n) is 1.96. The van der Waals surface area contributed by atoms with Gasteiger partial charge in [0.05, 0.1) is 11.1 Å². The lowest BCUT2D eigenvalue weighted by molar-refractivity contribution is 0.0695. The molecule has 0 radical (unpaired) electrons. The Morgan fingerprint density at radius 2 is 1.86 bits per heavy atom. The van der Waals surface area contributed by atoms with Gasteiger partial charge >= 0.3 is 5.97 Å². The summed E-state index contributed by atoms with van der Waals surface area (Å²) in [6.07, 6.45) is 1.49. The van der Waals surface area contributed by atoms with Crippen molar-refractivity contribution in [1.29, 1.82) is 0 Å². The first kappa shape index (κ1) is 14.7. The van der Waals surface area contributed by atoms with E-state index in [2.05, 4.69) is 10.3 Å². The van der Waals surface area contributed by atoms with E-state index in [0.29, 0.717) is 16.8 Å². The molecular formula is C16H16N2O3. The highest BCUT2D eigenvalue weighted by atomic mass is 16.4. The molecule has 21 heavy (non-hydrogen) atoms. The molecule has 0 aliphatic rings. The monoisotopic (exact) mass is 284 g/mol. The first-order valence-electron chi connectivity index (χ1n) is 6.47. The quantitative estimate of drug-likeness (QED) is 0.908. The molecule has 0 aliphatic carbocycles. The van der Waals surface area contributed by atoms with Gasteiger partial charge in [-0.2, -0.15) is 0 Å². The molecule has 0 saturated carbocycles. The number of carboxylic acids is 1. The van der Waals surface area contributed by atoms with Crippen LogP contribution in [0.4, 0.5) is 5.69 Å². The molecule has 0 atom stereocenters. The molecule has 0 aliphatic heterocycles. The molecule has 5 nitrogen and oxygen atoms in total. The summed E-state index contributed by atoms with van der Waals surface area (Å²) in [6, 6.07) is 6.64. The summed E-state index contributed by atoms with van der Waals surface area (Å²) in [4.78, 5) is 27.4. The van der Waals surface area contributed by atoms with E-state index in [4.69, 9.17) is 0 Å². The van der Waals surface area contributed by atoms with Gasteiger partial charge in [0, 0.05) is 17.6 Å². The smallest absolute Gasteiger partial charge is 0.336 e. The maximum Gasteiger partial charge on any atom is 0.336 e. The van der Waals surface area contributed by atoms with Crippen LogP contribution >= 0.6 is 0 Å². The molecule has 5 heteroatoms. The van der Waals surface area contributed by atoms with Gasteiger partial charge in [-0.3, -0.25) is 9.78 Å². The third kappa shape index (κ3) is 3.25. The van der Waals surface area contributed by atoms with Crippen LogP contribution in [0.25, 0.3) is 0 Å². The lowest BCUT2D eigenvalue weighted by Gasteiger charge is -2.10. The van der Waals surface area contributed by atoms with E-state index in [9.17, 15) is 14.7 Å². The van der Waals surface area contributed by atoms with Gasteiger partial charge in [0.15, 0.2) is 0 Å². The first-order valence-corrected chi connectivity index (χ1v) is 6.47. The highest BCUT2D eigenvalue weighted by molar-refractivity contribution is 6.04. The Kier molecular flexibility index (Phi) is 4.03. The fraction of sp³-hybridized carbons (Fsp3) is 0.188. The van der Waals surface area contributed by atoms with Crippen LogP contribution in [0, 0.1) is 20.8 Å². The summed E-state index contributed by atoms with van der Waals surface area (Å²) in [7, 11) is 0. The van der Waals surface area contributed by atoms with E-state index in [0.717, 1.165) is 11.3 Å². The summed E-state index contributed by atoms with van der Waals surface area (Å²) in [5.74, 6) is -1.33. The number of carboxylic acid groups (broad SMARTS) is 1. The number of aromatic carboxylic acids is 1. The van der Waals surface area contributed by atoms with Gasteiger partial charge < -0.3 is 10.4 Å². The van der Waals surface area contributed by atoms with Crippen molar-refractivity contribution in [3.05, 3.63) is 58.4 Å². The van der Waals surface area contributed by atoms with Gasteiger partial charge in [-0.15, -0.1) is 0 Å². The summed E-state index contributed by atoms with van der Waals surface area (Å²) in [6.45, 7) is 5.39. The van der Waals surface area contributed by atoms with Crippen molar-refractivity contribution in [3.8, 4) is 0 Å². The third-order valence-electron chi connectivity index (χ3n) is 3.33. The van der Waals surface area contributed by atoms with Crippen LogP contribution < -0.4 is 5.32 Å². The zero-order valence-electron chi connectivity index (χ0n) is 12.1. The topological polar surface area (TPSA) is 79.3 Å². The number of aryl methyl sites for hydroxylation is 2. The van der Waals surface area contributed by atoms with Crippen LogP contribution in [0.3, 0.4) is 0 Å². The fourth-order valence-corrected chi connectivity index (χ4v) is 1.96. The molecule has 0 bridgehead atoms. The second kappa shape index (κ2) is 5.75. The lowest BCUT2D eigenvalue weighted by atomic mass is 10.0. The van der Waals surface area contributed by atoms with E-state index < -0.39 is 5.97 Å². The zero-order valence-corrected chi connectivity index (χ0v) is 12.1. The van der Waals surface area contributed by atoms with E-state index in [1.54, 1.807) is 25.1 Å². The number of amides is 1. The number of nitrogens with one attached hydrogen (secondary N) is 1. The normalized spacial score (nSPS) is 10.2. The Balaban J connectivity index is 2.29. The summed E-state index contributed by atoms with van der Waals surface area (Å²) < 4.78 is 0. The molecule has 2 aromatic rings. The number of pyridine rings is 1. The molecule has 0 saturated heterocycles. The molecule has 1 aromatic heterocycles. The van der Waals surface area contributed by atoms with Crippen LogP contribution in [0.2, 0.25) is 0 Å². The van der Waals surface area contributed by atoms with Gasteiger partial charge in [-0.1, -0.05) is 0 Å². The molecule has 1 aromatic carbocycles. The van der Waals surface area contributed by atoms with Crippen molar-refractivity contribution >= 4 is 17.6 Å². The number of hydrogen-bond acceptors (Lipinski definition) is 3. The van der Waals surface area contributed by atoms with E-state index >= 15 is 0 Å². The standard InChI is InChI=1S/C16H16N2O3/c1-9-6-13(7-14(11(9)3)16(20)21)18-15(19)12-5-4-10(2)17-8-12/h4-8H,1-3H3,(H,18,19)(H,20,21). The van der Waals surface area contributed by atoms with Crippen molar-refractivity contribution in [2.45, 2.75) is 20.8 Å². The van der Waals surface area contributed by atoms with Gasteiger partial charge in [0.1, 0.15) is 0 Å². The minimum atomic E-state index is -1.01. The minimum absolute atomic E-state index is 0.187. The Bertz CT molecular complexity index is 706. The lowest BCUT2D eigenvalue weighted by Crippen LogP contribution is -2.13. The summed E-state index contributed by atoms with van der Waals surface area (Å²) in [5, 5.41) is 11.9. The van der Waals surface area contributed by atoms with Crippen LogP contribution in [0.15, 0.2) is 30.5 Å². The maximum atomic E-state index is 12.1. The number of carbonyl (C=O) groups is 2. The number of anilines is 1. The number of nitrogens with zero attached hydrogens (tertiary/aromatic N) is 1. The van der Waals surface area contributed by atoms with Crippen LogP contribution in [0.1, 0.15) is 37.5 Å². The van der Waals surface area contributed by atoms with Crippen molar-refractivity contribution in [2.24, 2.45) is 0 Å². The second-order valence-electron chi connectivity index (χ2n) is 4.91.